The second kappa shape index (κ2) is 5.29. The summed E-state index contributed by atoms with van der Waals surface area (Å²) in [5, 5.41) is 0.143. The minimum Gasteiger partial charge on any atom is -0.333 e. The molecule has 0 bridgehead atoms. The van der Waals surface area contributed by atoms with Gasteiger partial charge in [-0.05, 0) is 12.6 Å². The number of rotatable bonds is 4. The molecule has 5 heteroatoms. The average molecular weight is 254 g/mol. The Morgan fingerprint density at radius 2 is 2.24 bits per heavy atom. The first-order valence-electron chi connectivity index (χ1n) is 5.34. The molecular weight excluding hydrogens is 241 g/mol. The molecule has 0 radical (unpaired) electrons. The summed E-state index contributed by atoms with van der Waals surface area (Å²) in [6, 6.07) is 4.98. The van der Waals surface area contributed by atoms with Crippen LogP contribution in [0.25, 0.3) is 0 Å². The highest BCUT2D eigenvalue weighted by atomic mass is 35.5. The Kier molecular flexibility index (Phi) is 3.76. The van der Waals surface area contributed by atoms with Crippen LogP contribution in [0.3, 0.4) is 0 Å². The van der Waals surface area contributed by atoms with Gasteiger partial charge in [0.15, 0.2) is 0 Å². The van der Waals surface area contributed by atoms with Crippen molar-refractivity contribution < 1.29 is 4.39 Å². The molecule has 2 rings (SSSR count). The Morgan fingerprint density at radius 1 is 1.41 bits per heavy atom. The van der Waals surface area contributed by atoms with Gasteiger partial charge in [-0.3, -0.25) is 0 Å². The SMILES string of the molecule is NCCc1cn(Cc2cccc(Cl)c2F)cn1. The predicted molar refractivity (Wildman–Crippen MR) is 65.5 cm³/mol. The van der Waals surface area contributed by atoms with E-state index in [2.05, 4.69) is 4.98 Å². The van der Waals surface area contributed by atoms with E-state index in [4.69, 9.17) is 17.3 Å². The lowest BCUT2D eigenvalue weighted by Crippen LogP contribution is -2.03. The third kappa shape index (κ3) is 2.84. The lowest BCUT2D eigenvalue weighted by atomic mass is 10.2. The summed E-state index contributed by atoms with van der Waals surface area (Å²) >= 11 is 5.72. The Morgan fingerprint density at radius 3 is 3.00 bits per heavy atom. The number of imidazole rings is 1. The largest absolute Gasteiger partial charge is 0.333 e. The highest BCUT2D eigenvalue weighted by Crippen LogP contribution is 2.18. The number of hydrogen-bond donors (Lipinski definition) is 1. The average Bonchev–Trinajstić information content (AvgIpc) is 2.73. The molecule has 0 saturated carbocycles. The van der Waals surface area contributed by atoms with Gasteiger partial charge < -0.3 is 10.3 Å². The number of hydrogen-bond acceptors (Lipinski definition) is 2. The standard InChI is InChI=1S/C12H13ClFN3/c13-11-3-1-2-9(12(11)14)6-17-7-10(4-5-15)16-8-17/h1-3,7-8H,4-6,15H2. The fraction of sp³-hybridized carbons (Fsp3) is 0.250. The summed E-state index contributed by atoms with van der Waals surface area (Å²) in [6.07, 6.45) is 4.27. The van der Waals surface area contributed by atoms with Crippen LogP contribution in [-0.4, -0.2) is 16.1 Å². The van der Waals surface area contributed by atoms with Crippen LogP contribution in [0.15, 0.2) is 30.7 Å². The van der Waals surface area contributed by atoms with Crippen molar-refractivity contribution in [1.82, 2.24) is 9.55 Å². The molecule has 3 nitrogen and oxygen atoms in total. The van der Waals surface area contributed by atoms with Gasteiger partial charge in [0.05, 0.1) is 23.6 Å². The van der Waals surface area contributed by atoms with E-state index in [0.717, 1.165) is 12.1 Å². The molecule has 0 atom stereocenters. The van der Waals surface area contributed by atoms with Crippen LogP contribution in [0.1, 0.15) is 11.3 Å². The summed E-state index contributed by atoms with van der Waals surface area (Å²) in [7, 11) is 0. The smallest absolute Gasteiger partial charge is 0.146 e. The van der Waals surface area contributed by atoms with Crippen molar-refractivity contribution in [1.29, 1.82) is 0 Å². The minimum absolute atomic E-state index is 0.143. The van der Waals surface area contributed by atoms with E-state index in [1.807, 2.05) is 10.8 Å². The maximum atomic E-state index is 13.7. The third-order valence-electron chi connectivity index (χ3n) is 2.47. The summed E-state index contributed by atoms with van der Waals surface area (Å²) in [4.78, 5) is 4.18. The number of nitrogens with zero attached hydrogens (tertiary/aromatic N) is 2. The first-order valence-corrected chi connectivity index (χ1v) is 5.72. The van der Waals surface area contributed by atoms with E-state index in [9.17, 15) is 4.39 Å². The first kappa shape index (κ1) is 12.1. The number of nitrogens with two attached hydrogens (primary N) is 1. The number of halogens is 2. The molecule has 0 aliphatic rings. The molecular formula is C12H13ClFN3. The number of aromatic nitrogens is 2. The van der Waals surface area contributed by atoms with Crippen molar-refractivity contribution >= 4 is 11.6 Å². The molecule has 1 aromatic heterocycles. The van der Waals surface area contributed by atoms with Crippen LogP contribution >= 0.6 is 11.6 Å². The highest BCUT2D eigenvalue weighted by Gasteiger charge is 2.07. The monoisotopic (exact) mass is 253 g/mol. The molecule has 0 fully saturated rings. The van der Waals surface area contributed by atoms with Crippen LogP contribution in [0.2, 0.25) is 5.02 Å². The molecule has 0 aliphatic carbocycles. The van der Waals surface area contributed by atoms with Crippen LogP contribution in [0, 0.1) is 5.82 Å². The lowest BCUT2D eigenvalue weighted by Gasteiger charge is -2.04. The van der Waals surface area contributed by atoms with E-state index >= 15 is 0 Å². The fourth-order valence-electron chi connectivity index (χ4n) is 1.64. The summed E-state index contributed by atoms with van der Waals surface area (Å²) in [6.45, 7) is 0.979. The third-order valence-corrected chi connectivity index (χ3v) is 2.76. The lowest BCUT2D eigenvalue weighted by molar-refractivity contribution is 0.600. The van der Waals surface area contributed by atoms with E-state index in [1.54, 1.807) is 18.5 Å². The van der Waals surface area contributed by atoms with Crippen molar-refractivity contribution in [3.63, 3.8) is 0 Å². The number of benzene rings is 1. The van der Waals surface area contributed by atoms with Gasteiger partial charge in [-0.15, -0.1) is 0 Å². The van der Waals surface area contributed by atoms with Gasteiger partial charge in [0.25, 0.3) is 0 Å². The van der Waals surface area contributed by atoms with Crippen molar-refractivity contribution in [3.8, 4) is 0 Å². The molecule has 0 saturated heterocycles. The highest BCUT2D eigenvalue weighted by molar-refractivity contribution is 6.30. The van der Waals surface area contributed by atoms with Gasteiger partial charge in [0, 0.05) is 18.2 Å². The Labute approximate surface area is 104 Å². The zero-order valence-corrected chi connectivity index (χ0v) is 9.99. The topological polar surface area (TPSA) is 43.8 Å². The molecule has 1 aromatic carbocycles. The van der Waals surface area contributed by atoms with Crippen molar-refractivity contribution in [3.05, 3.63) is 52.8 Å². The molecule has 1 heterocycles. The van der Waals surface area contributed by atoms with Crippen molar-refractivity contribution in [2.45, 2.75) is 13.0 Å². The maximum Gasteiger partial charge on any atom is 0.146 e. The molecule has 90 valence electrons. The molecule has 0 unspecified atom stereocenters. The van der Waals surface area contributed by atoms with Crippen LogP contribution in [-0.2, 0) is 13.0 Å². The van der Waals surface area contributed by atoms with E-state index in [1.165, 1.54) is 6.07 Å². The Balaban J connectivity index is 2.16. The van der Waals surface area contributed by atoms with Crippen molar-refractivity contribution in [2.24, 2.45) is 5.73 Å². The minimum atomic E-state index is -0.372. The predicted octanol–water partition coefficient (Wildman–Crippen LogP) is 2.23. The van der Waals surface area contributed by atoms with Crippen LogP contribution in [0.4, 0.5) is 4.39 Å². The normalized spacial score (nSPS) is 10.8. The zero-order chi connectivity index (χ0) is 12.3. The maximum absolute atomic E-state index is 13.7. The van der Waals surface area contributed by atoms with E-state index in [-0.39, 0.29) is 10.8 Å². The second-order valence-corrected chi connectivity index (χ2v) is 4.20. The Hall–Kier alpha value is -1.39. The summed E-state index contributed by atoms with van der Waals surface area (Å²) in [5.41, 5.74) is 6.90. The van der Waals surface area contributed by atoms with Gasteiger partial charge in [-0.2, -0.15) is 0 Å². The molecule has 2 N–H and O–H groups in total. The van der Waals surface area contributed by atoms with Gasteiger partial charge in [-0.25, -0.2) is 9.37 Å². The van der Waals surface area contributed by atoms with Gasteiger partial charge in [0.1, 0.15) is 5.82 Å². The molecule has 0 spiro atoms. The van der Waals surface area contributed by atoms with Gasteiger partial charge in [-0.1, -0.05) is 23.7 Å². The van der Waals surface area contributed by atoms with Gasteiger partial charge in [0.2, 0.25) is 0 Å². The molecule has 17 heavy (non-hydrogen) atoms. The zero-order valence-electron chi connectivity index (χ0n) is 9.24. The van der Waals surface area contributed by atoms with E-state index in [0.29, 0.717) is 18.7 Å². The summed E-state index contributed by atoms with van der Waals surface area (Å²) in [5.74, 6) is -0.372. The first-order chi connectivity index (χ1) is 8.20. The van der Waals surface area contributed by atoms with E-state index < -0.39 is 0 Å². The quantitative estimate of drug-likeness (QED) is 0.908. The van der Waals surface area contributed by atoms with Crippen LogP contribution in [0.5, 0.6) is 0 Å². The fourth-order valence-corrected chi connectivity index (χ4v) is 1.83. The summed E-state index contributed by atoms with van der Waals surface area (Å²) < 4.78 is 15.5. The molecule has 0 aliphatic heterocycles. The molecule has 0 amide bonds. The van der Waals surface area contributed by atoms with Crippen LogP contribution < -0.4 is 5.73 Å². The van der Waals surface area contributed by atoms with Crippen molar-refractivity contribution in [2.75, 3.05) is 6.54 Å². The van der Waals surface area contributed by atoms with Gasteiger partial charge >= 0.3 is 0 Å². The Bertz CT molecular complexity index is 510. The molecule has 2 aromatic rings. The second-order valence-electron chi connectivity index (χ2n) is 3.79.